The number of thiazole rings is 1. The van der Waals surface area contributed by atoms with Gasteiger partial charge in [-0.15, -0.1) is 0 Å². The van der Waals surface area contributed by atoms with E-state index in [1.807, 2.05) is 43.3 Å². The molecule has 1 aliphatic rings. The Kier molecular flexibility index (Phi) is 8.78. The largest absolute Gasteiger partial charge is 0.487 e. The summed E-state index contributed by atoms with van der Waals surface area (Å²) in [6.45, 7) is 5.92. The summed E-state index contributed by atoms with van der Waals surface area (Å²) in [5.41, 5.74) is 4.41. The van der Waals surface area contributed by atoms with Crippen LogP contribution >= 0.6 is 38.9 Å². The molecule has 2 heterocycles. The van der Waals surface area contributed by atoms with Crippen LogP contribution in [0.2, 0.25) is 5.02 Å². The number of esters is 1. The minimum atomic E-state index is -0.693. The molecule has 5 rings (SSSR count). The number of halogens is 2. The summed E-state index contributed by atoms with van der Waals surface area (Å²) in [6.07, 6.45) is 1.73. The first-order valence-corrected chi connectivity index (χ1v) is 15.1. The average molecular weight is 663 g/mol. The molecule has 0 amide bonds. The fourth-order valence-corrected chi connectivity index (χ4v) is 6.65. The Morgan fingerprint density at radius 3 is 2.55 bits per heavy atom. The normalized spacial score (nSPS) is 14.7. The third-order valence-corrected chi connectivity index (χ3v) is 8.49. The van der Waals surface area contributed by atoms with Gasteiger partial charge in [-0.2, -0.15) is 5.26 Å². The molecule has 0 fully saturated rings. The lowest BCUT2D eigenvalue weighted by molar-refractivity contribution is -0.139. The van der Waals surface area contributed by atoms with E-state index in [0.29, 0.717) is 47.0 Å². The lowest BCUT2D eigenvalue weighted by Crippen LogP contribution is -2.39. The SMILES string of the molecule is CCOC(=O)C1=C(C)N=c2s/c(=C\c3cc(Cl)cc(Br)c3OCc3ccc(C#N)cc3)c(=O)n2[C@@H]1c1ccc(C)cc1. The summed E-state index contributed by atoms with van der Waals surface area (Å²) in [7, 11) is 0. The van der Waals surface area contributed by atoms with Crippen molar-refractivity contribution in [3.05, 3.63) is 129 Å². The highest BCUT2D eigenvalue weighted by atomic mass is 79.9. The number of nitrogens with zero attached hydrogens (tertiary/aromatic N) is 3. The quantitative estimate of drug-likeness (QED) is 0.227. The first-order valence-electron chi connectivity index (χ1n) is 13.1. The zero-order chi connectivity index (χ0) is 30.0. The van der Waals surface area contributed by atoms with Crippen molar-refractivity contribution in [1.82, 2.24) is 4.57 Å². The van der Waals surface area contributed by atoms with Crippen LogP contribution in [0.1, 0.15) is 47.7 Å². The topological polar surface area (TPSA) is 93.7 Å². The van der Waals surface area contributed by atoms with Gasteiger partial charge in [0, 0.05) is 10.6 Å². The lowest BCUT2D eigenvalue weighted by Gasteiger charge is -2.24. The molecule has 212 valence electrons. The molecule has 0 spiro atoms. The fourth-order valence-electron chi connectivity index (χ4n) is 4.67. The molecule has 0 N–H and O–H groups in total. The van der Waals surface area contributed by atoms with Gasteiger partial charge in [0.15, 0.2) is 4.80 Å². The Morgan fingerprint density at radius 1 is 1.17 bits per heavy atom. The van der Waals surface area contributed by atoms with Gasteiger partial charge < -0.3 is 9.47 Å². The lowest BCUT2D eigenvalue weighted by atomic mass is 9.95. The van der Waals surface area contributed by atoms with Crippen molar-refractivity contribution < 1.29 is 14.3 Å². The van der Waals surface area contributed by atoms with E-state index in [9.17, 15) is 9.59 Å². The molecule has 7 nitrogen and oxygen atoms in total. The van der Waals surface area contributed by atoms with E-state index in [4.69, 9.17) is 26.3 Å². The van der Waals surface area contributed by atoms with Crippen molar-refractivity contribution in [2.75, 3.05) is 6.61 Å². The van der Waals surface area contributed by atoms with E-state index in [1.54, 1.807) is 48.8 Å². The standard InChI is InChI=1S/C32H25BrClN3O4S/c1-4-40-31(39)27-19(3)36-32-37(28(27)22-11-5-18(2)6-12-22)30(38)26(42-32)14-23-13-24(34)15-25(33)29(23)41-17-21-9-7-20(16-35)8-10-21/h5-15,28H,4,17H2,1-3H3/b26-14-/t28-/m1/s1. The Hall–Kier alpha value is -3.97. The van der Waals surface area contributed by atoms with E-state index >= 15 is 0 Å². The maximum Gasteiger partial charge on any atom is 0.338 e. The predicted molar refractivity (Wildman–Crippen MR) is 166 cm³/mol. The van der Waals surface area contributed by atoms with Gasteiger partial charge >= 0.3 is 5.97 Å². The van der Waals surface area contributed by atoms with Gasteiger partial charge in [-0.1, -0.05) is 64.9 Å². The first kappa shape index (κ1) is 29.5. The zero-order valence-electron chi connectivity index (χ0n) is 23.0. The van der Waals surface area contributed by atoms with Crippen LogP contribution in [0.25, 0.3) is 6.08 Å². The second-order valence-corrected chi connectivity index (χ2v) is 11.9. The van der Waals surface area contributed by atoms with Gasteiger partial charge in [-0.05, 0) is 78.2 Å². The predicted octanol–water partition coefficient (Wildman–Crippen LogP) is 5.97. The molecular weight excluding hydrogens is 638 g/mol. The number of carbonyl (C=O) groups is 1. The number of nitriles is 1. The van der Waals surface area contributed by atoms with Gasteiger partial charge in [0.05, 0.1) is 44.6 Å². The minimum Gasteiger partial charge on any atom is -0.487 e. The highest BCUT2D eigenvalue weighted by molar-refractivity contribution is 9.10. The van der Waals surface area contributed by atoms with Crippen LogP contribution in [-0.2, 0) is 16.1 Å². The van der Waals surface area contributed by atoms with Crippen LogP contribution in [0.5, 0.6) is 5.75 Å². The third kappa shape index (κ3) is 5.97. The van der Waals surface area contributed by atoms with Gasteiger partial charge in [0.1, 0.15) is 12.4 Å². The van der Waals surface area contributed by atoms with Crippen molar-refractivity contribution in [2.45, 2.75) is 33.4 Å². The van der Waals surface area contributed by atoms with Crippen molar-refractivity contribution in [3.63, 3.8) is 0 Å². The number of hydrogen-bond donors (Lipinski definition) is 0. The third-order valence-electron chi connectivity index (χ3n) is 6.70. The summed E-state index contributed by atoms with van der Waals surface area (Å²) >= 11 is 11.2. The van der Waals surface area contributed by atoms with E-state index in [1.165, 1.54) is 11.3 Å². The molecule has 1 aromatic heterocycles. The summed E-state index contributed by atoms with van der Waals surface area (Å²) in [6, 6.07) is 19.7. The first-order chi connectivity index (χ1) is 20.2. The van der Waals surface area contributed by atoms with Gasteiger partial charge in [-0.3, -0.25) is 9.36 Å². The number of allylic oxidation sites excluding steroid dienone is 1. The molecule has 0 unspecified atom stereocenters. The summed E-state index contributed by atoms with van der Waals surface area (Å²) in [5.74, 6) is 0.00365. The van der Waals surface area contributed by atoms with Crippen LogP contribution in [0.4, 0.5) is 0 Å². The van der Waals surface area contributed by atoms with Crippen molar-refractivity contribution in [3.8, 4) is 11.8 Å². The van der Waals surface area contributed by atoms with E-state index in [0.717, 1.165) is 16.7 Å². The molecule has 0 radical (unpaired) electrons. The number of carbonyl (C=O) groups excluding carboxylic acids is 1. The van der Waals surface area contributed by atoms with E-state index < -0.39 is 12.0 Å². The number of aromatic nitrogens is 1. The van der Waals surface area contributed by atoms with Gasteiger partial charge in [0.2, 0.25) is 0 Å². The molecule has 3 aromatic carbocycles. The summed E-state index contributed by atoms with van der Waals surface area (Å²) < 4.78 is 14.1. The van der Waals surface area contributed by atoms with E-state index in [2.05, 4.69) is 27.0 Å². The van der Waals surface area contributed by atoms with Crippen molar-refractivity contribution in [1.29, 1.82) is 5.26 Å². The Labute approximate surface area is 259 Å². The highest BCUT2D eigenvalue weighted by Gasteiger charge is 2.33. The maximum absolute atomic E-state index is 14.0. The zero-order valence-corrected chi connectivity index (χ0v) is 26.1. The molecule has 1 atom stereocenters. The van der Waals surface area contributed by atoms with Crippen LogP contribution < -0.4 is 19.6 Å². The number of benzene rings is 3. The van der Waals surface area contributed by atoms with Crippen LogP contribution in [0.3, 0.4) is 0 Å². The molecule has 1 aliphatic heterocycles. The second kappa shape index (κ2) is 12.5. The van der Waals surface area contributed by atoms with Crippen LogP contribution in [0.15, 0.2) is 86.2 Å². The summed E-state index contributed by atoms with van der Waals surface area (Å²) in [5, 5.41) is 9.53. The Balaban J connectivity index is 1.62. The van der Waals surface area contributed by atoms with Crippen LogP contribution in [0, 0.1) is 18.3 Å². The number of aryl methyl sites for hydroxylation is 1. The average Bonchev–Trinajstić information content (AvgIpc) is 3.26. The fraction of sp³-hybridized carbons (Fsp3) is 0.188. The molecular formula is C32H25BrClN3O4S. The molecule has 0 bridgehead atoms. The minimum absolute atomic E-state index is 0.204. The number of hydrogen-bond acceptors (Lipinski definition) is 7. The number of rotatable bonds is 7. The monoisotopic (exact) mass is 661 g/mol. The second-order valence-electron chi connectivity index (χ2n) is 9.62. The molecule has 0 saturated carbocycles. The smallest absolute Gasteiger partial charge is 0.338 e. The van der Waals surface area contributed by atoms with E-state index in [-0.39, 0.29) is 18.8 Å². The van der Waals surface area contributed by atoms with Crippen molar-refractivity contribution >= 4 is 50.9 Å². The molecule has 42 heavy (non-hydrogen) atoms. The Morgan fingerprint density at radius 2 is 1.88 bits per heavy atom. The molecule has 10 heteroatoms. The molecule has 4 aromatic rings. The number of fused-ring (bicyclic) bond motifs is 1. The number of ether oxygens (including phenoxy) is 2. The molecule has 0 saturated heterocycles. The van der Waals surface area contributed by atoms with Crippen molar-refractivity contribution in [2.24, 2.45) is 4.99 Å². The maximum atomic E-state index is 14.0. The molecule has 0 aliphatic carbocycles. The van der Waals surface area contributed by atoms with Gasteiger partial charge in [0.25, 0.3) is 5.56 Å². The summed E-state index contributed by atoms with van der Waals surface area (Å²) in [4.78, 5) is 32.2. The Bertz CT molecular complexity index is 1940. The highest BCUT2D eigenvalue weighted by Crippen LogP contribution is 2.34. The van der Waals surface area contributed by atoms with Crippen LogP contribution in [-0.4, -0.2) is 17.1 Å². The van der Waals surface area contributed by atoms with Gasteiger partial charge in [-0.25, -0.2) is 9.79 Å².